The summed E-state index contributed by atoms with van der Waals surface area (Å²) in [6, 6.07) is 15.1. The van der Waals surface area contributed by atoms with Gasteiger partial charge in [-0.2, -0.15) is 0 Å². The zero-order chi connectivity index (χ0) is 15.1. The lowest BCUT2D eigenvalue weighted by molar-refractivity contribution is 0.923. The SMILES string of the molecule is CCCc1ccc2[nH]cc(C3C(=S)Nc4ccccc43)c2c1. The van der Waals surface area contributed by atoms with Crippen molar-refractivity contribution in [1.82, 2.24) is 4.98 Å². The quantitative estimate of drug-likeness (QED) is 0.666. The maximum Gasteiger partial charge on any atom is 0.0919 e. The number of hydrogen-bond acceptors (Lipinski definition) is 1. The molecule has 2 nitrogen and oxygen atoms in total. The van der Waals surface area contributed by atoms with Crippen molar-refractivity contribution in [1.29, 1.82) is 0 Å². The highest BCUT2D eigenvalue weighted by Gasteiger charge is 2.30. The number of aromatic amines is 1. The zero-order valence-corrected chi connectivity index (χ0v) is 13.3. The third-order valence-corrected chi connectivity index (χ3v) is 4.76. The van der Waals surface area contributed by atoms with Crippen molar-refractivity contribution in [3.8, 4) is 0 Å². The topological polar surface area (TPSA) is 27.8 Å². The van der Waals surface area contributed by atoms with E-state index in [2.05, 4.69) is 59.8 Å². The summed E-state index contributed by atoms with van der Waals surface area (Å²) < 4.78 is 0. The van der Waals surface area contributed by atoms with E-state index in [1.54, 1.807) is 0 Å². The predicted octanol–water partition coefficient (Wildman–Crippen LogP) is 5.01. The Morgan fingerprint density at radius 3 is 2.82 bits per heavy atom. The monoisotopic (exact) mass is 306 g/mol. The van der Waals surface area contributed by atoms with E-state index >= 15 is 0 Å². The van der Waals surface area contributed by atoms with Crippen molar-refractivity contribution in [3.63, 3.8) is 0 Å². The molecule has 1 aromatic heterocycles. The van der Waals surface area contributed by atoms with E-state index in [0.29, 0.717) is 0 Å². The molecule has 0 amide bonds. The minimum absolute atomic E-state index is 0.150. The Morgan fingerprint density at radius 2 is 1.95 bits per heavy atom. The molecule has 0 saturated carbocycles. The van der Waals surface area contributed by atoms with Crippen LogP contribution in [-0.4, -0.2) is 9.97 Å². The molecule has 0 fully saturated rings. The Balaban J connectivity index is 1.87. The average molecular weight is 306 g/mol. The second-order valence-electron chi connectivity index (χ2n) is 5.88. The molecule has 0 saturated heterocycles. The molecule has 2 N–H and O–H groups in total. The van der Waals surface area contributed by atoms with Crippen molar-refractivity contribution in [3.05, 3.63) is 65.4 Å². The molecule has 0 aliphatic carbocycles. The fourth-order valence-electron chi connectivity index (χ4n) is 3.39. The molecular formula is C19H18N2S. The van der Waals surface area contributed by atoms with Gasteiger partial charge in [0.05, 0.1) is 10.9 Å². The Morgan fingerprint density at radius 1 is 1.09 bits per heavy atom. The van der Waals surface area contributed by atoms with E-state index < -0.39 is 0 Å². The summed E-state index contributed by atoms with van der Waals surface area (Å²) in [6.07, 6.45) is 4.39. The fourth-order valence-corrected chi connectivity index (χ4v) is 3.75. The van der Waals surface area contributed by atoms with Gasteiger partial charge in [0.2, 0.25) is 0 Å². The van der Waals surface area contributed by atoms with Crippen LogP contribution in [0.15, 0.2) is 48.7 Å². The first-order chi connectivity index (χ1) is 10.8. The highest BCUT2D eigenvalue weighted by molar-refractivity contribution is 7.80. The van der Waals surface area contributed by atoms with Gasteiger partial charge in [0.15, 0.2) is 0 Å². The van der Waals surface area contributed by atoms with E-state index in [0.717, 1.165) is 23.5 Å². The first-order valence-corrected chi connectivity index (χ1v) is 8.18. The van der Waals surface area contributed by atoms with Gasteiger partial charge in [-0.05, 0) is 41.3 Å². The highest BCUT2D eigenvalue weighted by Crippen LogP contribution is 2.40. The van der Waals surface area contributed by atoms with Gasteiger partial charge in [0.1, 0.15) is 0 Å². The van der Waals surface area contributed by atoms with E-state index in [1.165, 1.54) is 27.6 Å². The van der Waals surface area contributed by atoms with Crippen molar-refractivity contribution in [2.45, 2.75) is 25.7 Å². The molecule has 0 radical (unpaired) electrons. The number of benzene rings is 2. The molecule has 22 heavy (non-hydrogen) atoms. The smallest absolute Gasteiger partial charge is 0.0919 e. The van der Waals surface area contributed by atoms with Crippen LogP contribution in [0.2, 0.25) is 0 Å². The number of hydrogen-bond donors (Lipinski definition) is 2. The van der Waals surface area contributed by atoms with Crippen LogP contribution in [0.4, 0.5) is 5.69 Å². The van der Waals surface area contributed by atoms with Crippen LogP contribution in [0.5, 0.6) is 0 Å². The molecule has 110 valence electrons. The maximum atomic E-state index is 5.62. The maximum absolute atomic E-state index is 5.62. The van der Waals surface area contributed by atoms with Crippen LogP contribution in [0.3, 0.4) is 0 Å². The van der Waals surface area contributed by atoms with Gasteiger partial charge >= 0.3 is 0 Å². The number of H-pyrrole nitrogens is 1. The predicted molar refractivity (Wildman–Crippen MR) is 96.8 cm³/mol. The van der Waals surface area contributed by atoms with E-state index in [4.69, 9.17) is 12.2 Å². The lowest BCUT2D eigenvalue weighted by Crippen LogP contribution is -2.10. The Labute approximate surface area is 135 Å². The molecule has 1 atom stereocenters. The number of para-hydroxylation sites is 1. The average Bonchev–Trinajstić information content (AvgIpc) is 3.07. The molecule has 1 unspecified atom stereocenters. The summed E-state index contributed by atoms with van der Waals surface area (Å²) in [6.45, 7) is 2.22. The largest absolute Gasteiger partial charge is 0.361 e. The van der Waals surface area contributed by atoms with Crippen LogP contribution < -0.4 is 5.32 Å². The number of anilines is 1. The van der Waals surface area contributed by atoms with Crippen molar-refractivity contribution < 1.29 is 0 Å². The lowest BCUT2D eigenvalue weighted by atomic mass is 9.92. The van der Waals surface area contributed by atoms with E-state index in [9.17, 15) is 0 Å². The summed E-state index contributed by atoms with van der Waals surface area (Å²) >= 11 is 5.62. The molecule has 0 bridgehead atoms. The van der Waals surface area contributed by atoms with Crippen LogP contribution in [-0.2, 0) is 6.42 Å². The number of fused-ring (bicyclic) bond motifs is 2. The molecule has 4 rings (SSSR count). The van der Waals surface area contributed by atoms with Gasteiger partial charge in [-0.15, -0.1) is 0 Å². The number of aryl methyl sites for hydroxylation is 1. The Bertz CT molecular complexity index is 863. The molecule has 0 spiro atoms. The van der Waals surface area contributed by atoms with Gasteiger partial charge < -0.3 is 10.3 Å². The molecule has 3 aromatic rings. The van der Waals surface area contributed by atoms with Gasteiger partial charge in [-0.25, -0.2) is 0 Å². The summed E-state index contributed by atoms with van der Waals surface area (Å²) in [5, 5.41) is 4.65. The van der Waals surface area contributed by atoms with Crippen molar-refractivity contribution >= 4 is 33.8 Å². The van der Waals surface area contributed by atoms with Crippen LogP contribution >= 0.6 is 12.2 Å². The number of aromatic nitrogens is 1. The first-order valence-electron chi connectivity index (χ1n) is 7.77. The third kappa shape index (κ3) is 2.04. The summed E-state index contributed by atoms with van der Waals surface area (Å²) in [4.78, 5) is 4.29. The Hall–Kier alpha value is -2.13. The Kier molecular flexibility index (Phi) is 3.23. The van der Waals surface area contributed by atoms with Gasteiger partial charge in [-0.1, -0.05) is 49.8 Å². The van der Waals surface area contributed by atoms with E-state index in [-0.39, 0.29) is 5.92 Å². The third-order valence-electron chi connectivity index (χ3n) is 4.42. The van der Waals surface area contributed by atoms with Crippen molar-refractivity contribution in [2.24, 2.45) is 0 Å². The number of nitrogens with one attached hydrogen (secondary N) is 2. The van der Waals surface area contributed by atoms with Gasteiger partial charge in [0.25, 0.3) is 0 Å². The van der Waals surface area contributed by atoms with Crippen LogP contribution in [0, 0.1) is 0 Å². The highest BCUT2D eigenvalue weighted by atomic mass is 32.1. The second kappa shape index (κ2) is 5.25. The standard InChI is InChI=1S/C19H18N2S/c1-2-5-12-8-9-16-14(10-12)15(11-20-16)18-13-6-3-4-7-17(13)21-19(18)22/h3-4,6-11,18,20H,2,5H2,1H3,(H,21,22). The first kappa shape index (κ1) is 13.5. The molecule has 2 heterocycles. The lowest BCUT2D eigenvalue weighted by Gasteiger charge is -2.10. The summed E-state index contributed by atoms with van der Waals surface area (Å²) in [7, 11) is 0. The molecular weight excluding hydrogens is 288 g/mol. The molecule has 2 aromatic carbocycles. The summed E-state index contributed by atoms with van der Waals surface area (Å²) in [5.74, 6) is 0.150. The fraction of sp³-hybridized carbons (Fsp3) is 0.211. The van der Waals surface area contributed by atoms with Crippen LogP contribution in [0.1, 0.15) is 36.0 Å². The summed E-state index contributed by atoms with van der Waals surface area (Å²) in [5.41, 5.74) is 6.25. The molecule has 1 aliphatic rings. The minimum atomic E-state index is 0.150. The van der Waals surface area contributed by atoms with Crippen molar-refractivity contribution in [2.75, 3.05) is 5.32 Å². The number of thiocarbonyl (C=S) groups is 1. The minimum Gasteiger partial charge on any atom is -0.361 e. The molecule has 1 aliphatic heterocycles. The van der Waals surface area contributed by atoms with Gasteiger partial charge in [-0.3, -0.25) is 0 Å². The second-order valence-corrected chi connectivity index (χ2v) is 6.32. The van der Waals surface area contributed by atoms with Gasteiger partial charge in [0, 0.05) is 22.8 Å². The van der Waals surface area contributed by atoms with Crippen LogP contribution in [0.25, 0.3) is 10.9 Å². The number of rotatable bonds is 3. The molecule has 3 heteroatoms. The van der Waals surface area contributed by atoms with E-state index in [1.807, 2.05) is 6.07 Å². The normalized spacial score (nSPS) is 16.8. The zero-order valence-electron chi connectivity index (χ0n) is 12.5.